The lowest BCUT2D eigenvalue weighted by atomic mass is 10.2. The second-order valence-corrected chi connectivity index (χ2v) is 8.81. The quantitative estimate of drug-likeness (QED) is 0.438. The maximum Gasteiger partial charge on any atom is 0.303 e. The summed E-state index contributed by atoms with van der Waals surface area (Å²) in [7, 11) is 0. The number of anilines is 1. The summed E-state index contributed by atoms with van der Waals surface area (Å²) in [6.07, 6.45) is 0.579. The molecule has 2 aromatic carbocycles. The number of thioether (sulfide) groups is 1. The Kier molecular flexibility index (Phi) is 7.38. The third-order valence-corrected chi connectivity index (χ3v) is 6.50. The fraction of sp³-hybridized carbons (Fsp3) is 0.286. The summed E-state index contributed by atoms with van der Waals surface area (Å²) in [4.78, 5) is 30.4. The molecule has 3 aromatic rings. The number of fused-ring (bicyclic) bond motifs is 1. The van der Waals surface area contributed by atoms with Crippen LogP contribution in [0.4, 0.5) is 14.5 Å². The van der Waals surface area contributed by atoms with Gasteiger partial charge in [0.1, 0.15) is 16.6 Å². The highest BCUT2D eigenvalue weighted by Gasteiger charge is 2.20. The van der Waals surface area contributed by atoms with Crippen molar-refractivity contribution in [3.05, 3.63) is 53.0 Å². The summed E-state index contributed by atoms with van der Waals surface area (Å²) >= 11 is 2.75. The summed E-state index contributed by atoms with van der Waals surface area (Å²) in [5.74, 6) is -1.88. The molecule has 1 heterocycles. The molecule has 0 bridgehead atoms. The summed E-state index contributed by atoms with van der Waals surface area (Å²) in [6, 6.07) is 9.34. The van der Waals surface area contributed by atoms with E-state index in [-0.39, 0.29) is 35.5 Å². The Labute approximate surface area is 180 Å². The van der Waals surface area contributed by atoms with Gasteiger partial charge in [0.25, 0.3) is 0 Å². The minimum atomic E-state index is -1.06. The van der Waals surface area contributed by atoms with Crippen LogP contribution in [-0.2, 0) is 16.1 Å². The van der Waals surface area contributed by atoms with Crippen molar-refractivity contribution in [3.63, 3.8) is 0 Å². The maximum absolute atomic E-state index is 14.0. The number of halogens is 2. The number of amides is 1. The number of rotatable bonds is 9. The van der Waals surface area contributed by atoms with Gasteiger partial charge in [-0.3, -0.25) is 9.59 Å². The number of aliphatic carboxylic acids is 1. The van der Waals surface area contributed by atoms with E-state index in [1.54, 1.807) is 23.9 Å². The molecule has 0 saturated carbocycles. The van der Waals surface area contributed by atoms with Gasteiger partial charge in [-0.25, -0.2) is 13.8 Å². The van der Waals surface area contributed by atoms with Gasteiger partial charge in [-0.15, -0.1) is 23.1 Å². The molecule has 0 radical (unpaired) electrons. The van der Waals surface area contributed by atoms with Crippen molar-refractivity contribution in [1.82, 2.24) is 4.98 Å². The van der Waals surface area contributed by atoms with Crippen LogP contribution >= 0.6 is 23.1 Å². The van der Waals surface area contributed by atoms with Gasteiger partial charge in [-0.05, 0) is 36.4 Å². The summed E-state index contributed by atoms with van der Waals surface area (Å²) in [5, 5.41) is 9.35. The standard InChI is InChI=1S/C21H20F2N2O3S2/c1-2-9-29-15-5-3-14(4-6-15)25(19(26)7-8-20(27)28)12-18-24-17-11-13(22)10-16(23)21(17)30-18/h3-6,10-11H,2,7-9,12H2,1H3,(H,27,28). The van der Waals surface area contributed by atoms with E-state index in [2.05, 4.69) is 11.9 Å². The monoisotopic (exact) mass is 450 g/mol. The van der Waals surface area contributed by atoms with Gasteiger partial charge in [-0.2, -0.15) is 0 Å². The Balaban J connectivity index is 1.88. The molecule has 0 aliphatic heterocycles. The molecule has 1 N–H and O–H groups in total. The van der Waals surface area contributed by atoms with Crippen LogP contribution in [0.25, 0.3) is 10.2 Å². The van der Waals surface area contributed by atoms with Gasteiger partial charge in [-0.1, -0.05) is 6.92 Å². The van der Waals surface area contributed by atoms with Gasteiger partial charge in [0.05, 0.1) is 23.2 Å². The SMILES string of the molecule is CCCSc1ccc(N(Cc2nc3cc(F)cc(F)c3s2)C(=O)CCC(=O)O)cc1. The number of carboxylic acids is 1. The molecule has 0 unspecified atom stereocenters. The highest BCUT2D eigenvalue weighted by Crippen LogP contribution is 2.29. The highest BCUT2D eigenvalue weighted by atomic mass is 32.2. The first-order valence-corrected chi connectivity index (χ1v) is 11.2. The summed E-state index contributed by atoms with van der Waals surface area (Å²) < 4.78 is 27.7. The summed E-state index contributed by atoms with van der Waals surface area (Å²) in [6.45, 7) is 2.14. The van der Waals surface area contributed by atoms with Crippen LogP contribution < -0.4 is 4.90 Å². The molecule has 30 heavy (non-hydrogen) atoms. The molecule has 0 atom stereocenters. The third-order valence-electron chi connectivity index (χ3n) is 4.22. The fourth-order valence-corrected chi connectivity index (χ4v) is 4.53. The van der Waals surface area contributed by atoms with E-state index in [0.717, 1.165) is 40.5 Å². The zero-order valence-corrected chi connectivity index (χ0v) is 17.9. The molecule has 1 aromatic heterocycles. The number of benzene rings is 2. The molecular formula is C21H20F2N2O3S2. The second-order valence-electron chi connectivity index (χ2n) is 6.56. The first-order valence-electron chi connectivity index (χ1n) is 9.37. The lowest BCUT2D eigenvalue weighted by Crippen LogP contribution is -2.30. The minimum Gasteiger partial charge on any atom is -0.481 e. The number of thiazole rings is 1. The van der Waals surface area contributed by atoms with Crippen molar-refractivity contribution in [2.45, 2.75) is 37.6 Å². The molecule has 158 valence electrons. The fourth-order valence-electron chi connectivity index (χ4n) is 2.82. The van der Waals surface area contributed by atoms with Gasteiger partial charge < -0.3 is 10.0 Å². The molecule has 1 amide bonds. The number of carbonyl (C=O) groups is 2. The van der Waals surface area contributed by atoms with Gasteiger partial charge in [0.15, 0.2) is 0 Å². The van der Waals surface area contributed by atoms with E-state index < -0.39 is 17.6 Å². The molecule has 0 spiro atoms. The van der Waals surface area contributed by atoms with Crippen LogP contribution in [-0.4, -0.2) is 27.7 Å². The van der Waals surface area contributed by atoms with E-state index in [0.29, 0.717) is 10.7 Å². The molecule has 0 saturated heterocycles. The Morgan fingerprint density at radius 2 is 1.90 bits per heavy atom. The van der Waals surface area contributed by atoms with Crippen LogP contribution in [0.5, 0.6) is 0 Å². The molecule has 0 aliphatic rings. The molecule has 3 rings (SSSR count). The smallest absolute Gasteiger partial charge is 0.303 e. The number of nitrogens with zero attached hydrogens (tertiary/aromatic N) is 2. The van der Waals surface area contributed by atoms with E-state index in [1.165, 1.54) is 4.90 Å². The van der Waals surface area contributed by atoms with Gasteiger partial charge in [0.2, 0.25) is 5.91 Å². The highest BCUT2D eigenvalue weighted by molar-refractivity contribution is 7.99. The van der Waals surface area contributed by atoms with Crippen molar-refractivity contribution in [1.29, 1.82) is 0 Å². The normalized spacial score (nSPS) is 11.0. The average Bonchev–Trinajstić information content (AvgIpc) is 3.12. The van der Waals surface area contributed by atoms with E-state index in [4.69, 9.17) is 5.11 Å². The molecule has 0 aliphatic carbocycles. The number of carbonyl (C=O) groups excluding carboxylic acids is 1. The summed E-state index contributed by atoms with van der Waals surface area (Å²) in [5.41, 5.74) is 0.786. The average molecular weight is 451 g/mol. The van der Waals surface area contributed by atoms with Crippen LogP contribution in [0.2, 0.25) is 0 Å². The zero-order valence-electron chi connectivity index (χ0n) is 16.2. The Morgan fingerprint density at radius 1 is 1.17 bits per heavy atom. The topological polar surface area (TPSA) is 70.5 Å². The molecule has 0 fully saturated rings. The van der Waals surface area contributed by atoms with Crippen molar-refractivity contribution in [2.24, 2.45) is 0 Å². The number of carboxylic acid groups (broad SMARTS) is 1. The predicted molar refractivity (Wildman–Crippen MR) is 115 cm³/mol. The third kappa shape index (κ3) is 5.54. The van der Waals surface area contributed by atoms with Crippen molar-refractivity contribution in [3.8, 4) is 0 Å². The maximum atomic E-state index is 14.0. The lowest BCUT2D eigenvalue weighted by Gasteiger charge is -2.22. The largest absolute Gasteiger partial charge is 0.481 e. The minimum absolute atomic E-state index is 0.0420. The van der Waals surface area contributed by atoms with Crippen molar-refractivity contribution < 1.29 is 23.5 Å². The van der Waals surface area contributed by atoms with Crippen molar-refractivity contribution in [2.75, 3.05) is 10.7 Å². The first-order chi connectivity index (χ1) is 14.4. The van der Waals surface area contributed by atoms with Gasteiger partial charge in [0, 0.05) is 29.1 Å². The number of aromatic nitrogens is 1. The second kappa shape index (κ2) is 9.99. The zero-order chi connectivity index (χ0) is 21.7. The first kappa shape index (κ1) is 22.2. The predicted octanol–water partition coefficient (Wildman–Crippen LogP) is 5.47. The van der Waals surface area contributed by atoms with E-state index in [9.17, 15) is 18.4 Å². The number of hydrogen-bond acceptors (Lipinski definition) is 5. The molecule has 5 nitrogen and oxygen atoms in total. The Hall–Kier alpha value is -2.52. The molecule has 9 heteroatoms. The van der Waals surface area contributed by atoms with E-state index >= 15 is 0 Å². The van der Waals surface area contributed by atoms with Crippen LogP contribution in [0, 0.1) is 11.6 Å². The van der Waals surface area contributed by atoms with Crippen LogP contribution in [0.3, 0.4) is 0 Å². The Bertz CT molecular complexity index is 1050. The number of hydrogen-bond donors (Lipinski definition) is 1. The Morgan fingerprint density at radius 3 is 2.57 bits per heavy atom. The van der Waals surface area contributed by atoms with Crippen LogP contribution in [0.1, 0.15) is 31.2 Å². The molecular weight excluding hydrogens is 430 g/mol. The lowest BCUT2D eigenvalue weighted by molar-refractivity contribution is -0.138. The van der Waals surface area contributed by atoms with Crippen LogP contribution in [0.15, 0.2) is 41.3 Å². The van der Waals surface area contributed by atoms with Gasteiger partial charge >= 0.3 is 5.97 Å². The van der Waals surface area contributed by atoms with E-state index in [1.807, 2.05) is 12.1 Å². The van der Waals surface area contributed by atoms with Crippen molar-refractivity contribution >= 4 is 50.9 Å².